The molecule has 0 bridgehead atoms. The SMILES string of the molecule is CCCCCCCCCCOc1ccc([N+](=O)[O-])cc1C=O. The normalized spacial score (nSPS) is 10.4. The lowest BCUT2D eigenvalue weighted by atomic mass is 10.1. The second-order valence-corrected chi connectivity index (χ2v) is 5.42. The molecule has 0 radical (unpaired) electrons. The molecule has 0 saturated carbocycles. The monoisotopic (exact) mass is 307 g/mol. The molecular weight excluding hydrogens is 282 g/mol. The van der Waals surface area contributed by atoms with E-state index < -0.39 is 4.92 Å². The van der Waals surface area contributed by atoms with Crippen LogP contribution in [0.4, 0.5) is 5.69 Å². The van der Waals surface area contributed by atoms with Gasteiger partial charge in [0.25, 0.3) is 5.69 Å². The number of carbonyl (C=O) groups is 1. The third kappa shape index (κ3) is 6.70. The highest BCUT2D eigenvalue weighted by atomic mass is 16.6. The van der Waals surface area contributed by atoms with E-state index in [1.54, 1.807) is 0 Å². The summed E-state index contributed by atoms with van der Waals surface area (Å²) in [6.45, 7) is 2.75. The molecule has 1 rings (SSSR count). The molecule has 5 nitrogen and oxygen atoms in total. The van der Waals surface area contributed by atoms with Gasteiger partial charge in [0, 0.05) is 12.1 Å². The number of ether oxygens (including phenoxy) is 1. The summed E-state index contributed by atoms with van der Waals surface area (Å²) in [6.07, 6.45) is 10.3. The van der Waals surface area contributed by atoms with Gasteiger partial charge >= 0.3 is 0 Å². The van der Waals surface area contributed by atoms with Gasteiger partial charge in [0.2, 0.25) is 0 Å². The van der Waals surface area contributed by atoms with Crippen LogP contribution in [0.2, 0.25) is 0 Å². The Morgan fingerprint density at radius 3 is 2.32 bits per heavy atom. The number of rotatable bonds is 12. The van der Waals surface area contributed by atoms with E-state index >= 15 is 0 Å². The minimum Gasteiger partial charge on any atom is -0.493 e. The van der Waals surface area contributed by atoms with Crippen molar-refractivity contribution in [3.63, 3.8) is 0 Å². The van der Waals surface area contributed by atoms with Crippen LogP contribution in [0.25, 0.3) is 0 Å². The summed E-state index contributed by atoms with van der Waals surface area (Å²) in [5, 5.41) is 10.7. The molecule has 0 unspecified atom stereocenters. The smallest absolute Gasteiger partial charge is 0.270 e. The highest BCUT2D eigenvalue weighted by Gasteiger charge is 2.11. The van der Waals surface area contributed by atoms with Crippen LogP contribution >= 0.6 is 0 Å². The van der Waals surface area contributed by atoms with Crippen molar-refractivity contribution in [1.82, 2.24) is 0 Å². The first-order valence-corrected chi connectivity index (χ1v) is 8.05. The van der Waals surface area contributed by atoms with E-state index in [2.05, 4.69) is 6.92 Å². The summed E-state index contributed by atoms with van der Waals surface area (Å²) in [7, 11) is 0. The molecule has 5 heteroatoms. The van der Waals surface area contributed by atoms with Crippen LogP contribution in [0.5, 0.6) is 5.75 Å². The Kier molecular flexibility index (Phi) is 8.88. The first-order chi connectivity index (χ1) is 10.7. The lowest BCUT2D eigenvalue weighted by Crippen LogP contribution is -2.01. The number of non-ortho nitro benzene ring substituents is 1. The average Bonchev–Trinajstić information content (AvgIpc) is 2.53. The van der Waals surface area contributed by atoms with Crippen molar-refractivity contribution < 1.29 is 14.5 Å². The van der Waals surface area contributed by atoms with Gasteiger partial charge in [-0.2, -0.15) is 0 Å². The molecule has 0 saturated heterocycles. The van der Waals surface area contributed by atoms with Gasteiger partial charge in [-0.15, -0.1) is 0 Å². The molecular formula is C17H25NO4. The number of nitrogens with zero attached hydrogens (tertiary/aromatic N) is 1. The van der Waals surface area contributed by atoms with Crippen molar-refractivity contribution in [3.8, 4) is 5.75 Å². The Morgan fingerprint density at radius 1 is 1.09 bits per heavy atom. The summed E-state index contributed by atoms with van der Waals surface area (Å²) < 4.78 is 5.55. The van der Waals surface area contributed by atoms with Gasteiger partial charge in [0.1, 0.15) is 5.75 Å². The maximum absolute atomic E-state index is 11.0. The Balaban J connectivity index is 2.24. The number of hydrogen-bond donors (Lipinski definition) is 0. The predicted molar refractivity (Wildman–Crippen MR) is 86.6 cm³/mol. The second kappa shape index (κ2) is 10.8. The lowest BCUT2D eigenvalue weighted by Gasteiger charge is -2.08. The summed E-state index contributed by atoms with van der Waals surface area (Å²) in [6, 6.07) is 4.10. The molecule has 0 aliphatic rings. The number of carbonyl (C=O) groups excluding carboxylic acids is 1. The third-order valence-electron chi connectivity index (χ3n) is 3.59. The number of benzene rings is 1. The standard InChI is InChI=1S/C17H25NO4/c1-2-3-4-5-6-7-8-9-12-22-17-11-10-16(18(20)21)13-15(17)14-19/h10-11,13-14H,2-9,12H2,1H3. The van der Waals surface area contributed by atoms with Gasteiger partial charge in [0.05, 0.1) is 17.1 Å². The first-order valence-electron chi connectivity index (χ1n) is 8.05. The number of unbranched alkanes of at least 4 members (excludes halogenated alkanes) is 7. The Bertz CT molecular complexity index is 474. The Morgan fingerprint density at radius 2 is 1.73 bits per heavy atom. The number of nitro benzene ring substituents is 1. The van der Waals surface area contributed by atoms with E-state index in [4.69, 9.17) is 4.74 Å². The largest absolute Gasteiger partial charge is 0.493 e. The van der Waals surface area contributed by atoms with Gasteiger partial charge in [0.15, 0.2) is 6.29 Å². The van der Waals surface area contributed by atoms with E-state index in [1.807, 2.05) is 0 Å². The maximum atomic E-state index is 11.0. The van der Waals surface area contributed by atoms with Crippen LogP contribution in [-0.4, -0.2) is 17.8 Å². The molecule has 1 aromatic rings. The molecule has 0 spiro atoms. The zero-order valence-electron chi connectivity index (χ0n) is 13.3. The van der Waals surface area contributed by atoms with Crippen molar-refractivity contribution in [3.05, 3.63) is 33.9 Å². The zero-order chi connectivity index (χ0) is 16.2. The van der Waals surface area contributed by atoms with E-state index in [9.17, 15) is 14.9 Å². The van der Waals surface area contributed by atoms with Crippen molar-refractivity contribution in [1.29, 1.82) is 0 Å². The number of hydrogen-bond acceptors (Lipinski definition) is 4. The highest BCUT2D eigenvalue weighted by Crippen LogP contribution is 2.23. The van der Waals surface area contributed by atoms with Crippen LogP contribution in [0.3, 0.4) is 0 Å². The number of nitro groups is 1. The van der Waals surface area contributed by atoms with Crippen molar-refractivity contribution in [2.45, 2.75) is 58.3 Å². The quantitative estimate of drug-likeness (QED) is 0.238. The summed E-state index contributed by atoms with van der Waals surface area (Å²) in [4.78, 5) is 21.1. The minimum absolute atomic E-state index is 0.0958. The summed E-state index contributed by atoms with van der Waals surface area (Å²) in [5.41, 5.74) is 0.135. The number of aldehydes is 1. The van der Waals surface area contributed by atoms with Crippen LogP contribution in [-0.2, 0) is 0 Å². The lowest BCUT2D eigenvalue weighted by molar-refractivity contribution is -0.384. The van der Waals surface area contributed by atoms with Crippen LogP contribution < -0.4 is 4.74 Å². The van der Waals surface area contributed by atoms with Crippen molar-refractivity contribution in [2.24, 2.45) is 0 Å². The van der Waals surface area contributed by atoms with E-state index in [1.165, 1.54) is 56.7 Å². The average molecular weight is 307 g/mol. The first kappa shape index (κ1) is 18.1. The fourth-order valence-corrected chi connectivity index (χ4v) is 2.29. The van der Waals surface area contributed by atoms with E-state index in [0.29, 0.717) is 18.6 Å². The highest BCUT2D eigenvalue weighted by molar-refractivity contribution is 5.80. The van der Waals surface area contributed by atoms with Crippen molar-refractivity contribution in [2.75, 3.05) is 6.61 Å². The minimum atomic E-state index is -0.519. The fourth-order valence-electron chi connectivity index (χ4n) is 2.29. The van der Waals surface area contributed by atoms with Crippen molar-refractivity contribution >= 4 is 12.0 Å². The maximum Gasteiger partial charge on any atom is 0.270 e. The van der Waals surface area contributed by atoms with Gasteiger partial charge in [-0.3, -0.25) is 14.9 Å². The molecule has 0 atom stereocenters. The van der Waals surface area contributed by atoms with Gasteiger partial charge in [-0.1, -0.05) is 51.9 Å². The summed E-state index contributed by atoms with van der Waals surface area (Å²) >= 11 is 0. The molecule has 1 aromatic carbocycles. The molecule has 122 valence electrons. The molecule has 0 aromatic heterocycles. The van der Waals surface area contributed by atoms with Gasteiger partial charge < -0.3 is 4.74 Å². The molecule has 0 heterocycles. The van der Waals surface area contributed by atoms with Gasteiger partial charge in [-0.25, -0.2) is 0 Å². The van der Waals surface area contributed by atoms with Crippen LogP contribution in [0.15, 0.2) is 18.2 Å². The van der Waals surface area contributed by atoms with E-state index in [0.717, 1.165) is 12.8 Å². The molecule has 0 N–H and O–H groups in total. The van der Waals surface area contributed by atoms with Gasteiger partial charge in [-0.05, 0) is 12.5 Å². The molecule has 0 aliphatic heterocycles. The second-order valence-electron chi connectivity index (χ2n) is 5.42. The molecule has 0 aliphatic carbocycles. The summed E-state index contributed by atoms with van der Waals surface area (Å²) in [5.74, 6) is 0.420. The zero-order valence-corrected chi connectivity index (χ0v) is 13.3. The Hall–Kier alpha value is -1.91. The predicted octanol–water partition coefficient (Wildman–Crippen LogP) is 4.93. The molecule has 0 amide bonds. The third-order valence-corrected chi connectivity index (χ3v) is 3.59. The van der Waals surface area contributed by atoms with Crippen LogP contribution in [0.1, 0.15) is 68.6 Å². The van der Waals surface area contributed by atoms with E-state index in [-0.39, 0.29) is 11.3 Å². The molecule has 0 fully saturated rings. The van der Waals surface area contributed by atoms with Crippen LogP contribution in [0, 0.1) is 10.1 Å². The fraction of sp³-hybridized carbons (Fsp3) is 0.588. The topological polar surface area (TPSA) is 69.4 Å². The molecule has 22 heavy (non-hydrogen) atoms. The Labute approximate surface area is 131 Å².